The van der Waals surface area contributed by atoms with Gasteiger partial charge in [-0.05, 0) is 50.1 Å². The lowest BCUT2D eigenvalue weighted by Crippen LogP contribution is -2.32. The number of aryl methyl sites for hydroxylation is 2. The molecule has 1 aromatic carbocycles. The summed E-state index contributed by atoms with van der Waals surface area (Å²) < 4.78 is 26.6. The van der Waals surface area contributed by atoms with E-state index in [1.807, 2.05) is 19.9 Å². The van der Waals surface area contributed by atoms with E-state index < -0.39 is 10.0 Å². The third kappa shape index (κ3) is 5.91. The Labute approximate surface area is 122 Å². The smallest absolute Gasteiger partial charge is 0.240 e. The van der Waals surface area contributed by atoms with Crippen LogP contribution in [0, 0.1) is 13.8 Å². The van der Waals surface area contributed by atoms with Crippen molar-refractivity contribution >= 4 is 22.4 Å². The Morgan fingerprint density at radius 1 is 1.05 bits per heavy atom. The third-order valence-electron chi connectivity index (χ3n) is 2.81. The van der Waals surface area contributed by atoms with Crippen LogP contribution in [0.5, 0.6) is 0 Å². The van der Waals surface area contributed by atoms with Crippen molar-refractivity contribution < 1.29 is 8.42 Å². The van der Waals surface area contributed by atoms with Crippen molar-refractivity contribution in [3.8, 4) is 0 Å². The topological polar surface area (TPSA) is 58.2 Å². The Hall–Kier alpha value is -0.620. The maximum absolute atomic E-state index is 12.0. The van der Waals surface area contributed by atoms with Crippen LogP contribution in [0.15, 0.2) is 23.1 Å². The van der Waals surface area contributed by atoms with Gasteiger partial charge in [0.25, 0.3) is 0 Å². The minimum absolute atomic E-state index is 0. The molecule has 0 spiro atoms. The van der Waals surface area contributed by atoms with E-state index in [4.69, 9.17) is 0 Å². The summed E-state index contributed by atoms with van der Waals surface area (Å²) in [6, 6.07) is 5.18. The van der Waals surface area contributed by atoms with E-state index in [-0.39, 0.29) is 12.4 Å². The molecule has 4 nitrogen and oxygen atoms in total. The predicted molar refractivity (Wildman–Crippen MR) is 81.5 cm³/mol. The number of rotatable bonds is 7. The van der Waals surface area contributed by atoms with Crippen molar-refractivity contribution in [2.45, 2.75) is 32.1 Å². The molecule has 1 aromatic rings. The van der Waals surface area contributed by atoms with E-state index in [9.17, 15) is 8.42 Å². The van der Waals surface area contributed by atoms with E-state index in [0.717, 1.165) is 24.1 Å². The molecule has 0 aliphatic rings. The van der Waals surface area contributed by atoms with Crippen LogP contribution in [0.2, 0.25) is 0 Å². The zero-order chi connectivity index (χ0) is 13.6. The highest BCUT2D eigenvalue weighted by atomic mass is 35.5. The van der Waals surface area contributed by atoms with Crippen LogP contribution in [-0.2, 0) is 10.0 Å². The fourth-order valence-corrected chi connectivity index (χ4v) is 2.66. The first kappa shape index (κ1) is 18.4. The van der Waals surface area contributed by atoms with Gasteiger partial charge in [-0.3, -0.25) is 0 Å². The Kier molecular flexibility index (Phi) is 8.25. The predicted octanol–water partition coefficient (Wildman–Crippen LogP) is 2.00. The van der Waals surface area contributed by atoms with E-state index in [0.29, 0.717) is 18.0 Å². The Bertz CT molecular complexity index is 489. The van der Waals surface area contributed by atoms with Gasteiger partial charge in [-0.1, -0.05) is 13.0 Å². The molecule has 0 aliphatic carbocycles. The lowest BCUT2D eigenvalue weighted by Gasteiger charge is -2.09. The molecule has 0 aliphatic heterocycles. The van der Waals surface area contributed by atoms with Crippen molar-refractivity contribution in [1.82, 2.24) is 10.0 Å². The minimum atomic E-state index is -3.38. The highest BCUT2D eigenvalue weighted by Crippen LogP contribution is 2.14. The molecule has 0 saturated carbocycles. The number of halogens is 1. The van der Waals surface area contributed by atoms with Crippen LogP contribution in [-0.4, -0.2) is 28.1 Å². The standard InChI is InChI=1S/C13H22N2O2S.ClH/c1-4-7-14-8-9-15-18(16,17)13-6-5-11(2)12(3)10-13;/h5-6,10,14-15H,4,7-9H2,1-3H3;1H. The van der Waals surface area contributed by atoms with Crippen LogP contribution in [0.25, 0.3) is 0 Å². The van der Waals surface area contributed by atoms with E-state index in [1.54, 1.807) is 12.1 Å². The number of hydrogen-bond donors (Lipinski definition) is 2. The van der Waals surface area contributed by atoms with E-state index in [2.05, 4.69) is 17.0 Å². The molecule has 0 atom stereocenters. The molecule has 0 aromatic heterocycles. The molecule has 0 fully saturated rings. The Balaban J connectivity index is 0.00000324. The van der Waals surface area contributed by atoms with Crippen LogP contribution >= 0.6 is 12.4 Å². The van der Waals surface area contributed by atoms with E-state index in [1.165, 1.54) is 0 Å². The number of benzene rings is 1. The monoisotopic (exact) mass is 306 g/mol. The second kappa shape index (κ2) is 8.53. The lowest BCUT2D eigenvalue weighted by molar-refractivity contribution is 0.575. The largest absolute Gasteiger partial charge is 0.315 e. The first-order chi connectivity index (χ1) is 8.47. The van der Waals surface area contributed by atoms with Gasteiger partial charge < -0.3 is 5.32 Å². The molecule has 0 amide bonds. The Morgan fingerprint density at radius 3 is 2.32 bits per heavy atom. The molecule has 0 bridgehead atoms. The van der Waals surface area contributed by atoms with Gasteiger partial charge in [-0.25, -0.2) is 13.1 Å². The molecule has 19 heavy (non-hydrogen) atoms. The first-order valence-electron chi connectivity index (χ1n) is 6.25. The van der Waals surface area contributed by atoms with Gasteiger partial charge in [0.2, 0.25) is 10.0 Å². The van der Waals surface area contributed by atoms with Gasteiger partial charge in [-0.15, -0.1) is 12.4 Å². The van der Waals surface area contributed by atoms with Crippen LogP contribution in [0.4, 0.5) is 0 Å². The molecule has 0 heterocycles. The fourth-order valence-electron chi connectivity index (χ4n) is 1.54. The molecule has 6 heteroatoms. The highest BCUT2D eigenvalue weighted by molar-refractivity contribution is 7.89. The summed E-state index contributed by atoms with van der Waals surface area (Å²) in [5.41, 5.74) is 2.08. The molecular weight excluding hydrogens is 284 g/mol. The highest BCUT2D eigenvalue weighted by Gasteiger charge is 2.13. The first-order valence-corrected chi connectivity index (χ1v) is 7.73. The van der Waals surface area contributed by atoms with Gasteiger partial charge in [-0.2, -0.15) is 0 Å². The maximum atomic E-state index is 12.0. The van der Waals surface area contributed by atoms with Crippen molar-refractivity contribution in [2.24, 2.45) is 0 Å². The normalized spacial score (nSPS) is 11.1. The van der Waals surface area contributed by atoms with Gasteiger partial charge in [0.1, 0.15) is 0 Å². The Morgan fingerprint density at radius 2 is 1.74 bits per heavy atom. The summed E-state index contributed by atoms with van der Waals surface area (Å²) in [7, 11) is -3.38. The third-order valence-corrected chi connectivity index (χ3v) is 4.27. The number of sulfonamides is 1. The molecule has 0 saturated heterocycles. The molecule has 0 unspecified atom stereocenters. The zero-order valence-electron chi connectivity index (χ0n) is 11.7. The van der Waals surface area contributed by atoms with Crippen molar-refractivity contribution in [2.75, 3.05) is 19.6 Å². The molecular formula is C13H23ClN2O2S. The van der Waals surface area contributed by atoms with E-state index >= 15 is 0 Å². The summed E-state index contributed by atoms with van der Waals surface area (Å²) in [6.07, 6.45) is 1.05. The fraction of sp³-hybridized carbons (Fsp3) is 0.538. The van der Waals surface area contributed by atoms with Crippen molar-refractivity contribution in [1.29, 1.82) is 0 Å². The van der Waals surface area contributed by atoms with Gasteiger partial charge in [0.15, 0.2) is 0 Å². The van der Waals surface area contributed by atoms with Crippen LogP contribution in [0.3, 0.4) is 0 Å². The van der Waals surface area contributed by atoms with Gasteiger partial charge >= 0.3 is 0 Å². The lowest BCUT2D eigenvalue weighted by atomic mass is 10.1. The number of hydrogen-bond acceptors (Lipinski definition) is 3. The van der Waals surface area contributed by atoms with Crippen molar-refractivity contribution in [3.05, 3.63) is 29.3 Å². The summed E-state index contributed by atoms with van der Waals surface area (Å²) in [5.74, 6) is 0. The molecule has 110 valence electrons. The molecule has 1 rings (SSSR count). The summed E-state index contributed by atoms with van der Waals surface area (Å²) in [6.45, 7) is 7.93. The quantitative estimate of drug-likeness (QED) is 0.758. The van der Waals surface area contributed by atoms with Crippen LogP contribution < -0.4 is 10.0 Å². The molecule has 2 N–H and O–H groups in total. The van der Waals surface area contributed by atoms with Crippen molar-refractivity contribution in [3.63, 3.8) is 0 Å². The number of nitrogens with one attached hydrogen (secondary N) is 2. The maximum Gasteiger partial charge on any atom is 0.240 e. The van der Waals surface area contributed by atoms with Crippen LogP contribution in [0.1, 0.15) is 24.5 Å². The summed E-state index contributed by atoms with van der Waals surface area (Å²) in [5, 5.41) is 3.15. The van der Waals surface area contributed by atoms with Gasteiger partial charge in [0.05, 0.1) is 4.90 Å². The zero-order valence-corrected chi connectivity index (χ0v) is 13.3. The second-order valence-electron chi connectivity index (χ2n) is 4.39. The average molecular weight is 307 g/mol. The molecule has 0 radical (unpaired) electrons. The SMILES string of the molecule is CCCNCCNS(=O)(=O)c1ccc(C)c(C)c1.Cl. The minimum Gasteiger partial charge on any atom is -0.315 e. The second-order valence-corrected chi connectivity index (χ2v) is 6.16. The summed E-state index contributed by atoms with van der Waals surface area (Å²) >= 11 is 0. The van der Waals surface area contributed by atoms with Gasteiger partial charge in [0, 0.05) is 13.1 Å². The summed E-state index contributed by atoms with van der Waals surface area (Å²) in [4.78, 5) is 0.334. The average Bonchev–Trinajstić information content (AvgIpc) is 2.32.